The molecule has 0 aliphatic carbocycles. The number of H-pyrrole nitrogens is 1. The second-order valence-corrected chi connectivity index (χ2v) is 6.37. The van der Waals surface area contributed by atoms with E-state index in [2.05, 4.69) is 30.6 Å². The summed E-state index contributed by atoms with van der Waals surface area (Å²) in [5, 5.41) is 14.2. The maximum atomic E-state index is 14.5. The van der Waals surface area contributed by atoms with Crippen molar-refractivity contribution in [2.45, 2.75) is 6.92 Å². The Balaban J connectivity index is 1.88. The lowest BCUT2D eigenvalue weighted by Gasteiger charge is -2.08. The van der Waals surface area contributed by atoms with Crippen molar-refractivity contribution in [2.75, 3.05) is 11.9 Å². The van der Waals surface area contributed by atoms with E-state index in [-0.39, 0.29) is 11.6 Å². The molecule has 3 aromatic heterocycles. The van der Waals surface area contributed by atoms with Gasteiger partial charge < -0.3 is 10.3 Å². The largest absolute Gasteiger partial charge is 0.338 e. The molecule has 0 saturated heterocycles. The Labute approximate surface area is 170 Å². The van der Waals surface area contributed by atoms with Crippen LogP contribution in [0.5, 0.6) is 0 Å². The fourth-order valence-corrected chi connectivity index (χ4v) is 3.05. The molecule has 8 nitrogen and oxygen atoms in total. The summed E-state index contributed by atoms with van der Waals surface area (Å²) >= 11 is 0. The van der Waals surface area contributed by atoms with Crippen molar-refractivity contribution in [3.05, 3.63) is 60.3 Å². The third kappa shape index (κ3) is 3.66. The molecule has 4 rings (SSSR count). The van der Waals surface area contributed by atoms with Gasteiger partial charge in [0.15, 0.2) is 0 Å². The van der Waals surface area contributed by atoms with Crippen molar-refractivity contribution < 1.29 is 9.18 Å². The second-order valence-electron chi connectivity index (χ2n) is 6.37. The Kier molecular flexibility index (Phi) is 5.05. The smallest absolute Gasteiger partial charge is 0.321 e. The van der Waals surface area contributed by atoms with E-state index in [1.54, 1.807) is 37.4 Å². The molecule has 0 fully saturated rings. The molecule has 0 bridgehead atoms. The summed E-state index contributed by atoms with van der Waals surface area (Å²) < 4.78 is 14.5. The van der Waals surface area contributed by atoms with Gasteiger partial charge in [0.05, 0.1) is 11.0 Å². The summed E-state index contributed by atoms with van der Waals surface area (Å²) in [6.07, 6.45) is 3.07. The van der Waals surface area contributed by atoms with Gasteiger partial charge in [0.25, 0.3) is 0 Å². The van der Waals surface area contributed by atoms with Gasteiger partial charge in [0.1, 0.15) is 23.3 Å². The van der Waals surface area contributed by atoms with Crippen molar-refractivity contribution >= 4 is 23.0 Å². The molecule has 0 radical (unpaired) electrons. The highest BCUT2D eigenvalue weighted by Gasteiger charge is 2.17. The summed E-state index contributed by atoms with van der Waals surface area (Å²) in [6.45, 7) is 2.27. The highest BCUT2D eigenvalue weighted by atomic mass is 19.1. The Hall–Kier alpha value is -4.32. The first kappa shape index (κ1) is 19.0. The fraction of sp³-hybridized carbons (Fsp3) is 0.0952. The minimum atomic E-state index is -0.485. The molecule has 2 amide bonds. The van der Waals surface area contributed by atoms with Gasteiger partial charge in [-0.05, 0) is 48.9 Å². The quantitative estimate of drug-likeness (QED) is 0.480. The van der Waals surface area contributed by atoms with Crippen LogP contribution in [0.25, 0.3) is 33.4 Å². The summed E-state index contributed by atoms with van der Waals surface area (Å²) in [5.41, 5.74) is 3.43. The number of pyridine rings is 2. The standard InChI is InChI=1S/C21H16FN7O/c1-2-24-21(30)29-20-27-17-9-13(12-5-6-14(10-23)26-11-12)8-15(19(17)28-20)18-16(22)4-3-7-25-18/h3-9,11H,2H2,1H3,(H3,24,27,28,29,30). The third-order valence-corrected chi connectivity index (χ3v) is 4.39. The highest BCUT2D eigenvalue weighted by molar-refractivity contribution is 5.98. The molecule has 148 valence electrons. The van der Waals surface area contributed by atoms with Crippen LogP contribution in [0.1, 0.15) is 12.6 Å². The number of nitriles is 1. The van der Waals surface area contributed by atoms with E-state index in [9.17, 15) is 9.18 Å². The van der Waals surface area contributed by atoms with Crippen molar-refractivity contribution in [3.8, 4) is 28.5 Å². The first-order valence-corrected chi connectivity index (χ1v) is 9.15. The molecule has 0 aliphatic rings. The first-order chi connectivity index (χ1) is 14.6. The van der Waals surface area contributed by atoms with Crippen LogP contribution in [0, 0.1) is 17.1 Å². The minimum absolute atomic E-state index is 0.152. The Morgan fingerprint density at radius 1 is 1.23 bits per heavy atom. The number of hydrogen-bond donors (Lipinski definition) is 3. The molecule has 0 saturated carbocycles. The summed E-state index contributed by atoms with van der Waals surface area (Å²) in [6, 6.07) is 11.3. The number of carbonyl (C=O) groups excluding carboxylic acids is 1. The lowest BCUT2D eigenvalue weighted by molar-refractivity contribution is 0.252. The van der Waals surface area contributed by atoms with E-state index >= 15 is 0 Å². The molecule has 3 heterocycles. The van der Waals surface area contributed by atoms with Crippen LogP contribution in [0.3, 0.4) is 0 Å². The fourth-order valence-electron chi connectivity index (χ4n) is 3.05. The van der Waals surface area contributed by atoms with Gasteiger partial charge >= 0.3 is 6.03 Å². The molecular formula is C21H16FN7O. The van der Waals surface area contributed by atoms with Crippen LogP contribution in [0.4, 0.5) is 15.1 Å². The van der Waals surface area contributed by atoms with Gasteiger partial charge in [-0.2, -0.15) is 5.26 Å². The Bertz CT molecular complexity index is 1270. The molecule has 0 atom stereocenters. The van der Waals surface area contributed by atoms with Crippen LogP contribution in [-0.2, 0) is 0 Å². The van der Waals surface area contributed by atoms with Crippen molar-refractivity contribution in [2.24, 2.45) is 0 Å². The summed E-state index contributed by atoms with van der Waals surface area (Å²) in [7, 11) is 0. The predicted octanol–water partition coefficient (Wildman–Crippen LogP) is 3.84. The number of halogens is 1. The van der Waals surface area contributed by atoms with E-state index in [4.69, 9.17) is 5.26 Å². The number of aromatic nitrogens is 4. The first-order valence-electron chi connectivity index (χ1n) is 9.15. The van der Waals surface area contributed by atoms with Crippen LogP contribution < -0.4 is 10.6 Å². The average molecular weight is 401 g/mol. The number of benzene rings is 1. The number of carbonyl (C=O) groups is 1. The molecule has 4 aromatic rings. The topological polar surface area (TPSA) is 119 Å². The number of nitrogens with one attached hydrogen (secondary N) is 3. The highest BCUT2D eigenvalue weighted by Crippen LogP contribution is 2.33. The Morgan fingerprint density at radius 2 is 2.10 bits per heavy atom. The van der Waals surface area contributed by atoms with Crippen molar-refractivity contribution in [1.29, 1.82) is 5.26 Å². The maximum Gasteiger partial charge on any atom is 0.321 e. The number of amides is 2. The van der Waals surface area contributed by atoms with Gasteiger partial charge in [0.2, 0.25) is 5.95 Å². The van der Waals surface area contributed by atoms with Crippen LogP contribution in [0.2, 0.25) is 0 Å². The number of anilines is 1. The molecule has 0 aliphatic heterocycles. The van der Waals surface area contributed by atoms with E-state index in [0.717, 1.165) is 11.1 Å². The normalized spacial score (nSPS) is 10.6. The number of rotatable bonds is 4. The lowest BCUT2D eigenvalue weighted by Crippen LogP contribution is -2.28. The zero-order valence-electron chi connectivity index (χ0n) is 15.9. The van der Waals surface area contributed by atoms with Crippen LogP contribution >= 0.6 is 0 Å². The number of urea groups is 1. The minimum Gasteiger partial charge on any atom is -0.338 e. The number of fused-ring (bicyclic) bond motifs is 1. The van der Waals surface area contributed by atoms with E-state index < -0.39 is 11.8 Å². The number of hydrogen-bond acceptors (Lipinski definition) is 5. The third-order valence-electron chi connectivity index (χ3n) is 4.39. The maximum absolute atomic E-state index is 14.5. The number of imidazole rings is 1. The molecule has 0 unspecified atom stereocenters. The predicted molar refractivity (Wildman–Crippen MR) is 110 cm³/mol. The van der Waals surface area contributed by atoms with Gasteiger partial charge in [-0.1, -0.05) is 0 Å². The average Bonchev–Trinajstić information content (AvgIpc) is 3.16. The van der Waals surface area contributed by atoms with Crippen LogP contribution in [0.15, 0.2) is 48.8 Å². The molecular weight excluding hydrogens is 385 g/mol. The van der Waals surface area contributed by atoms with Crippen LogP contribution in [-0.4, -0.2) is 32.5 Å². The van der Waals surface area contributed by atoms with Gasteiger partial charge in [-0.15, -0.1) is 0 Å². The van der Waals surface area contributed by atoms with Gasteiger partial charge in [-0.25, -0.2) is 19.2 Å². The SMILES string of the molecule is CCNC(=O)Nc1nc2cc(-c3ccc(C#N)nc3)cc(-c3ncccc3F)c2[nH]1. The monoisotopic (exact) mass is 401 g/mol. The number of aromatic amines is 1. The van der Waals surface area contributed by atoms with Crippen molar-refractivity contribution in [3.63, 3.8) is 0 Å². The van der Waals surface area contributed by atoms with Crippen molar-refractivity contribution in [1.82, 2.24) is 25.3 Å². The molecule has 3 N–H and O–H groups in total. The zero-order chi connectivity index (χ0) is 21.1. The summed E-state index contributed by atoms with van der Waals surface area (Å²) in [4.78, 5) is 27.6. The van der Waals surface area contributed by atoms with Gasteiger partial charge in [0, 0.05) is 30.1 Å². The second kappa shape index (κ2) is 7.97. The molecule has 9 heteroatoms. The zero-order valence-corrected chi connectivity index (χ0v) is 15.9. The van der Waals surface area contributed by atoms with Gasteiger partial charge in [-0.3, -0.25) is 10.3 Å². The van der Waals surface area contributed by atoms with E-state index in [1.165, 1.54) is 18.3 Å². The van der Waals surface area contributed by atoms with E-state index in [1.807, 2.05) is 6.07 Å². The summed E-state index contributed by atoms with van der Waals surface area (Å²) in [5.74, 6) is -0.259. The molecule has 1 aromatic carbocycles. The molecule has 30 heavy (non-hydrogen) atoms. The number of nitrogens with zero attached hydrogens (tertiary/aromatic N) is 4. The lowest BCUT2D eigenvalue weighted by atomic mass is 10.0. The molecule has 0 spiro atoms. The Morgan fingerprint density at radius 3 is 2.80 bits per heavy atom. The van der Waals surface area contributed by atoms with E-state index in [0.29, 0.717) is 28.8 Å².